The summed E-state index contributed by atoms with van der Waals surface area (Å²) in [7, 11) is 0. The molecule has 1 aromatic rings. The molecular weight excluding hydrogens is 160 g/mol. The van der Waals surface area contributed by atoms with Crippen LogP contribution in [0.3, 0.4) is 0 Å². The van der Waals surface area contributed by atoms with Gasteiger partial charge in [-0.1, -0.05) is 18.2 Å². The zero-order valence-electron chi connectivity index (χ0n) is 7.61. The van der Waals surface area contributed by atoms with E-state index in [4.69, 9.17) is 5.73 Å². The highest BCUT2D eigenvalue weighted by Gasteiger charge is 2.35. The van der Waals surface area contributed by atoms with Gasteiger partial charge in [0.1, 0.15) is 0 Å². The molecule has 0 aliphatic carbocycles. The van der Waals surface area contributed by atoms with Crippen molar-refractivity contribution in [2.45, 2.75) is 18.4 Å². The van der Waals surface area contributed by atoms with Crippen LogP contribution in [0.4, 0.5) is 5.69 Å². The van der Waals surface area contributed by atoms with Crippen molar-refractivity contribution < 1.29 is 0 Å². The Kier molecular flexibility index (Phi) is 1.41. The number of anilines is 1. The smallest absolute Gasteiger partial charge is 0.0402 e. The minimum absolute atomic E-state index is 0.351. The van der Waals surface area contributed by atoms with Crippen LogP contribution in [-0.2, 0) is 0 Å². The van der Waals surface area contributed by atoms with E-state index in [0.717, 1.165) is 6.54 Å². The summed E-state index contributed by atoms with van der Waals surface area (Å²) < 4.78 is 0. The summed E-state index contributed by atoms with van der Waals surface area (Å²) in [5.74, 6) is 0.612. The molecule has 3 heterocycles. The average molecular weight is 174 g/mol. The fourth-order valence-electron chi connectivity index (χ4n) is 2.68. The molecule has 0 saturated carbocycles. The number of nitrogens with two attached hydrogens (primary N) is 1. The second-order valence-electron chi connectivity index (χ2n) is 4.06. The Hall–Kier alpha value is -1.02. The second kappa shape index (κ2) is 2.48. The lowest BCUT2D eigenvalue weighted by atomic mass is 9.80. The van der Waals surface area contributed by atoms with E-state index in [2.05, 4.69) is 29.2 Å². The molecule has 0 spiro atoms. The molecule has 0 amide bonds. The van der Waals surface area contributed by atoms with Gasteiger partial charge in [-0.15, -0.1) is 0 Å². The SMILES string of the molecule is NC1CN2CCC1c1ccccc12. The van der Waals surface area contributed by atoms with Crippen molar-refractivity contribution in [1.82, 2.24) is 0 Å². The molecular formula is C11H14N2. The lowest BCUT2D eigenvalue weighted by molar-refractivity contribution is 0.415. The van der Waals surface area contributed by atoms with E-state index in [1.54, 1.807) is 0 Å². The topological polar surface area (TPSA) is 29.3 Å². The van der Waals surface area contributed by atoms with Gasteiger partial charge in [-0.3, -0.25) is 0 Å². The van der Waals surface area contributed by atoms with E-state index in [9.17, 15) is 0 Å². The normalized spacial score (nSPS) is 30.4. The number of fused-ring (bicyclic) bond motifs is 2. The molecule has 0 aromatic heterocycles. The number of nitrogens with zero attached hydrogens (tertiary/aromatic N) is 1. The highest BCUT2D eigenvalue weighted by Crippen LogP contribution is 2.40. The van der Waals surface area contributed by atoms with Crippen LogP contribution in [0, 0.1) is 0 Å². The molecule has 2 atom stereocenters. The number of benzene rings is 1. The third-order valence-electron chi connectivity index (χ3n) is 3.33. The summed E-state index contributed by atoms with van der Waals surface area (Å²) in [6, 6.07) is 9.03. The van der Waals surface area contributed by atoms with Gasteiger partial charge in [0.05, 0.1) is 0 Å². The number of hydrogen-bond donors (Lipinski definition) is 1. The van der Waals surface area contributed by atoms with Crippen LogP contribution >= 0.6 is 0 Å². The zero-order valence-corrected chi connectivity index (χ0v) is 7.61. The molecule has 2 N–H and O–H groups in total. The van der Waals surface area contributed by atoms with Crippen molar-refractivity contribution in [3.05, 3.63) is 29.8 Å². The van der Waals surface area contributed by atoms with Crippen LogP contribution in [0.5, 0.6) is 0 Å². The molecule has 1 saturated heterocycles. The predicted molar refractivity (Wildman–Crippen MR) is 54.0 cm³/mol. The summed E-state index contributed by atoms with van der Waals surface area (Å²) in [6.07, 6.45) is 1.23. The Morgan fingerprint density at radius 2 is 2.15 bits per heavy atom. The maximum Gasteiger partial charge on any atom is 0.0402 e. The number of rotatable bonds is 0. The Balaban J connectivity index is 2.16. The molecule has 2 heteroatoms. The van der Waals surface area contributed by atoms with Gasteiger partial charge < -0.3 is 10.6 Å². The molecule has 1 fully saturated rings. The Bertz CT molecular complexity index is 335. The Labute approximate surface area is 78.3 Å². The van der Waals surface area contributed by atoms with Gasteiger partial charge in [-0.25, -0.2) is 0 Å². The highest BCUT2D eigenvalue weighted by atomic mass is 15.2. The van der Waals surface area contributed by atoms with Crippen molar-refractivity contribution in [2.75, 3.05) is 18.0 Å². The van der Waals surface area contributed by atoms with Crippen molar-refractivity contribution in [2.24, 2.45) is 5.73 Å². The number of piperidine rings is 1. The summed E-state index contributed by atoms with van der Waals surface area (Å²) in [5.41, 5.74) is 8.98. The lowest BCUT2D eigenvalue weighted by Crippen LogP contribution is -2.51. The summed E-state index contributed by atoms with van der Waals surface area (Å²) >= 11 is 0. The summed E-state index contributed by atoms with van der Waals surface area (Å²) in [5, 5.41) is 0. The Morgan fingerprint density at radius 1 is 1.31 bits per heavy atom. The van der Waals surface area contributed by atoms with Crippen LogP contribution < -0.4 is 10.6 Å². The fraction of sp³-hybridized carbons (Fsp3) is 0.455. The third-order valence-corrected chi connectivity index (χ3v) is 3.33. The molecule has 2 unspecified atom stereocenters. The first-order valence-corrected chi connectivity index (χ1v) is 4.96. The third kappa shape index (κ3) is 0.923. The second-order valence-corrected chi connectivity index (χ2v) is 4.06. The molecule has 13 heavy (non-hydrogen) atoms. The highest BCUT2D eigenvalue weighted by molar-refractivity contribution is 5.60. The Morgan fingerprint density at radius 3 is 3.00 bits per heavy atom. The van der Waals surface area contributed by atoms with E-state index in [-0.39, 0.29) is 0 Å². The van der Waals surface area contributed by atoms with E-state index in [1.807, 2.05) is 0 Å². The molecule has 0 radical (unpaired) electrons. The van der Waals surface area contributed by atoms with Crippen LogP contribution in [0.2, 0.25) is 0 Å². The average Bonchev–Trinajstić information content (AvgIpc) is 2.19. The van der Waals surface area contributed by atoms with Gasteiger partial charge in [0, 0.05) is 30.7 Å². The lowest BCUT2D eigenvalue weighted by Gasteiger charge is -2.45. The molecule has 68 valence electrons. The van der Waals surface area contributed by atoms with Crippen LogP contribution in [0.25, 0.3) is 0 Å². The molecule has 2 nitrogen and oxygen atoms in total. The molecule has 3 aliphatic rings. The monoisotopic (exact) mass is 174 g/mol. The predicted octanol–water partition coefficient (Wildman–Crippen LogP) is 1.32. The van der Waals surface area contributed by atoms with Crippen LogP contribution in [-0.4, -0.2) is 19.1 Å². The van der Waals surface area contributed by atoms with E-state index >= 15 is 0 Å². The van der Waals surface area contributed by atoms with E-state index < -0.39 is 0 Å². The summed E-state index contributed by atoms with van der Waals surface area (Å²) in [6.45, 7) is 2.23. The molecule has 2 bridgehead atoms. The van der Waals surface area contributed by atoms with Gasteiger partial charge in [-0.05, 0) is 18.1 Å². The zero-order chi connectivity index (χ0) is 8.84. The van der Waals surface area contributed by atoms with Crippen molar-refractivity contribution >= 4 is 5.69 Å². The van der Waals surface area contributed by atoms with Crippen LogP contribution in [0.15, 0.2) is 24.3 Å². The standard InChI is InChI=1S/C11H14N2/c12-10-7-13-6-5-8(10)9-3-1-2-4-11(9)13/h1-4,8,10H,5-7,12H2. The maximum atomic E-state index is 6.09. The minimum Gasteiger partial charge on any atom is -0.370 e. The molecule has 4 rings (SSSR count). The van der Waals surface area contributed by atoms with Gasteiger partial charge >= 0.3 is 0 Å². The fourth-order valence-corrected chi connectivity index (χ4v) is 2.68. The molecule has 1 aromatic carbocycles. The molecule has 3 aliphatic heterocycles. The maximum absolute atomic E-state index is 6.09. The minimum atomic E-state index is 0.351. The van der Waals surface area contributed by atoms with Crippen molar-refractivity contribution in [3.8, 4) is 0 Å². The quantitative estimate of drug-likeness (QED) is 0.642. The number of hydrogen-bond acceptors (Lipinski definition) is 2. The van der Waals surface area contributed by atoms with E-state index in [0.29, 0.717) is 12.0 Å². The van der Waals surface area contributed by atoms with Gasteiger partial charge in [0.25, 0.3) is 0 Å². The first kappa shape index (κ1) is 7.39. The van der Waals surface area contributed by atoms with E-state index in [1.165, 1.54) is 24.2 Å². The van der Waals surface area contributed by atoms with Crippen molar-refractivity contribution in [3.63, 3.8) is 0 Å². The number of para-hydroxylation sites is 1. The van der Waals surface area contributed by atoms with Crippen molar-refractivity contribution in [1.29, 1.82) is 0 Å². The largest absolute Gasteiger partial charge is 0.370 e. The van der Waals surface area contributed by atoms with Gasteiger partial charge in [-0.2, -0.15) is 0 Å². The first-order chi connectivity index (χ1) is 6.36. The van der Waals surface area contributed by atoms with Gasteiger partial charge in [0.2, 0.25) is 0 Å². The van der Waals surface area contributed by atoms with Gasteiger partial charge in [0.15, 0.2) is 0 Å². The van der Waals surface area contributed by atoms with Crippen LogP contribution in [0.1, 0.15) is 17.9 Å². The first-order valence-electron chi connectivity index (χ1n) is 4.96. The summed E-state index contributed by atoms with van der Waals surface area (Å²) in [4.78, 5) is 2.42.